The van der Waals surface area contributed by atoms with Crippen molar-refractivity contribution in [1.29, 1.82) is 0 Å². The lowest BCUT2D eigenvalue weighted by atomic mass is 9.33. The molecule has 4 heterocycles. The summed E-state index contributed by atoms with van der Waals surface area (Å²) < 4.78 is 47.0. The van der Waals surface area contributed by atoms with E-state index in [0.717, 1.165) is 25.7 Å². The average molecular weight is 1080 g/mol. The molecule has 0 aromatic heterocycles. The zero-order valence-electron chi connectivity index (χ0n) is 44.2. The molecular weight excluding hydrogens is 989 g/mol. The molecule has 9 rings (SSSR count). The maximum atomic E-state index is 15.1. The summed E-state index contributed by atoms with van der Waals surface area (Å²) in [6.45, 7) is 13.2. The van der Waals surface area contributed by atoms with Gasteiger partial charge in [-0.15, -0.1) is 0 Å². The summed E-state index contributed by atoms with van der Waals surface area (Å²) in [5.41, 5.74) is -1.46. The van der Waals surface area contributed by atoms with E-state index in [4.69, 9.17) is 37.9 Å². The number of hydrogen-bond donors (Lipinski definition) is 13. The smallest absolute Gasteiger partial charge is 0.315 e. The molecule has 8 fully saturated rings. The Bertz CT molecular complexity index is 2060. The highest BCUT2D eigenvalue weighted by Crippen LogP contribution is 2.76. The number of carbonyl (C=O) groups excluding carboxylic acids is 1. The fourth-order valence-electron chi connectivity index (χ4n) is 16.1. The van der Waals surface area contributed by atoms with E-state index in [2.05, 4.69) is 40.7 Å². The van der Waals surface area contributed by atoms with Crippen LogP contribution in [-0.2, 0) is 42.7 Å². The normalized spacial score (nSPS) is 54.8. The minimum absolute atomic E-state index is 0.0319. The number of hydrogen-bond acceptors (Lipinski definition) is 22. The second-order valence-corrected chi connectivity index (χ2v) is 25.7. The zero-order chi connectivity index (χ0) is 54.7. The highest BCUT2D eigenvalue weighted by molar-refractivity contribution is 5.79. The molecular formula is C53H86O22. The van der Waals surface area contributed by atoms with Crippen LogP contribution in [0.5, 0.6) is 0 Å². The van der Waals surface area contributed by atoms with E-state index in [-0.39, 0.29) is 52.6 Å². The number of allylic oxidation sites excluding steroid dienone is 2. The van der Waals surface area contributed by atoms with Crippen LogP contribution in [0.1, 0.15) is 113 Å². The highest BCUT2D eigenvalue weighted by atomic mass is 16.8. The molecule has 75 heavy (non-hydrogen) atoms. The summed E-state index contributed by atoms with van der Waals surface area (Å²) >= 11 is 0. The lowest BCUT2D eigenvalue weighted by Crippen LogP contribution is -2.67. The quantitative estimate of drug-likeness (QED) is 0.0643. The van der Waals surface area contributed by atoms with E-state index in [1.54, 1.807) is 0 Å². The first kappa shape index (κ1) is 58.1. The van der Waals surface area contributed by atoms with Gasteiger partial charge >= 0.3 is 5.97 Å². The molecule has 0 aromatic carbocycles. The number of rotatable bonds is 11. The van der Waals surface area contributed by atoms with Crippen molar-refractivity contribution in [1.82, 2.24) is 0 Å². The van der Waals surface area contributed by atoms with Gasteiger partial charge in [0.15, 0.2) is 18.9 Å². The fraction of sp³-hybridized carbons (Fsp3) is 0.943. The van der Waals surface area contributed by atoms with Gasteiger partial charge in [0, 0.05) is 5.41 Å². The van der Waals surface area contributed by atoms with Crippen molar-refractivity contribution in [3.05, 3.63) is 11.6 Å². The van der Waals surface area contributed by atoms with Crippen LogP contribution in [0.3, 0.4) is 0 Å². The van der Waals surface area contributed by atoms with Crippen LogP contribution in [0.15, 0.2) is 11.6 Å². The predicted molar refractivity (Wildman–Crippen MR) is 257 cm³/mol. The number of fused-ring (bicyclic) bond motifs is 7. The summed E-state index contributed by atoms with van der Waals surface area (Å²) in [4.78, 5) is 15.1. The van der Waals surface area contributed by atoms with Crippen molar-refractivity contribution in [3.63, 3.8) is 0 Å². The third kappa shape index (κ3) is 9.50. The average Bonchev–Trinajstić information content (AvgIpc) is 3.37. The summed E-state index contributed by atoms with van der Waals surface area (Å²) in [5.74, 6) is -0.615. The summed E-state index contributed by atoms with van der Waals surface area (Å²) in [7, 11) is 0. The van der Waals surface area contributed by atoms with Gasteiger partial charge in [-0.3, -0.25) is 4.79 Å². The predicted octanol–water partition coefficient (Wildman–Crippen LogP) is -1.40. The van der Waals surface area contributed by atoms with Crippen LogP contribution in [0, 0.1) is 50.2 Å². The van der Waals surface area contributed by atoms with Gasteiger partial charge < -0.3 is 104 Å². The lowest BCUT2D eigenvalue weighted by Gasteiger charge is -2.71. The van der Waals surface area contributed by atoms with Crippen LogP contribution < -0.4 is 0 Å². The van der Waals surface area contributed by atoms with E-state index in [9.17, 15) is 66.4 Å². The molecule has 23 unspecified atom stereocenters. The van der Waals surface area contributed by atoms with Gasteiger partial charge in [0.25, 0.3) is 0 Å². The summed E-state index contributed by atoms with van der Waals surface area (Å²) in [6.07, 6.45) is -21.1. The number of esters is 1. The van der Waals surface area contributed by atoms with Gasteiger partial charge in [-0.1, -0.05) is 53.2 Å². The molecule has 4 saturated heterocycles. The highest BCUT2D eigenvalue weighted by Gasteiger charge is 2.70. The first-order valence-corrected chi connectivity index (χ1v) is 27.3. The third-order valence-electron chi connectivity index (χ3n) is 21.1. The Hall–Kier alpha value is -1.59. The molecule has 4 aliphatic heterocycles. The van der Waals surface area contributed by atoms with Crippen molar-refractivity contribution >= 4 is 5.97 Å². The van der Waals surface area contributed by atoms with Gasteiger partial charge in [-0.2, -0.15) is 0 Å². The summed E-state index contributed by atoms with van der Waals surface area (Å²) in [6, 6.07) is 0. The molecule has 0 aromatic rings. The van der Waals surface area contributed by atoms with Crippen LogP contribution in [0.2, 0.25) is 0 Å². The molecule has 5 aliphatic carbocycles. The van der Waals surface area contributed by atoms with Crippen molar-refractivity contribution in [2.45, 2.75) is 235 Å². The molecule has 22 nitrogen and oxygen atoms in total. The van der Waals surface area contributed by atoms with Gasteiger partial charge in [0.2, 0.25) is 6.29 Å². The molecule has 22 heteroatoms. The molecule has 0 amide bonds. The molecule has 9 aliphatic rings. The van der Waals surface area contributed by atoms with Crippen LogP contribution in [-0.4, -0.2) is 222 Å². The molecule has 13 N–H and O–H groups in total. The first-order chi connectivity index (χ1) is 35.1. The molecule has 0 spiro atoms. The second-order valence-electron chi connectivity index (χ2n) is 25.7. The first-order valence-electron chi connectivity index (χ1n) is 27.3. The Morgan fingerprint density at radius 3 is 1.97 bits per heavy atom. The van der Waals surface area contributed by atoms with Crippen LogP contribution in [0.25, 0.3) is 0 Å². The Balaban J connectivity index is 0.898. The topological polar surface area (TPSA) is 354 Å². The monoisotopic (exact) mass is 1070 g/mol. The Morgan fingerprint density at radius 1 is 0.640 bits per heavy atom. The molecule has 430 valence electrons. The SMILES string of the molecule is CC1OC(OC2C(CO)OC(OCC3OC(OC(=O)[C@]45CCC(C)(C)CC4C4=CCC6[C@@]7(C)CCC(OC8OCC(O)C(O)C8O)[C@@](C)(CO)C7CC[C@@]6(C)[C@]4(C)CC5)C(O)C(O)C3O)C(O)C2O)C(O)C(O)C1O. The van der Waals surface area contributed by atoms with E-state index in [1.165, 1.54) is 12.5 Å². The fourth-order valence-corrected chi connectivity index (χ4v) is 16.1. The van der Waals surface area contributed by atoms with Gasteiger partial charge in [0.05, 0.1) is 44.1 Å². The Morgan fingerprint density at radius 2 is 1.28 bits per heavy atom. The standard InChI is InChI=1S/C53H86O22/c1-23-32(57)35(60)39(64)45(70-23)74-42-27(19-54)71-43(41(66)37(42)62)69-21-28-34(59)36(61)40(65)46(72-28)75-47(67)53-16-14-48(2,3)18-25(53)24-8-9-30-49(4)12-11-31(73-44-38(63)33(58)26(56)20-68-44)50(5,22-55)29(49)10-13-52(30,7)51(24,6)15-17-53/h8,23,25-46,54-66H,9-22H2,1-7H3/t23?,25?,26?,27?,28?,29?,30?,31?,32?,33?,34?,35?,36?,37?,38?,39?,40?,41?,42?,43?,44?,45?,46?,49-,50-,51+,52+,53-/m0/s1. The van der Waals surface area contributed by atoms with Crippen molar-refractivity contribution in [2.24, 2.45) is 50.2 Å². The molecule has 0 radical (unpaired) electrons. The maximum Gasteiger partial charge on any atom is 0.315 e. The molecule has 28 atom stereocenters. The maximum absolute atomic E-state index is 15.1. The largest absolute Gasteiger partial charge is 0.432 e. The third-order valence-corrected chi connectivity index (χ3v) is 21.1. The van der Waals surface area contributed by atoms with Gasteiger partial charge in [-0.25, -0.2) is 0 Å². The van der Waals surface area contributed by atoms with E-state index < -0.39 is 153 Å². The number of carbonyl (C=O) groups is 1. The number of aliphatic hydroxyl groups is 13. The Labute approximate surface area is 437 Å². The minimum atomic E-state index is -1.87. The van der Waals surface area contributed by atoms with Crippen molar-refractivity contribution in [3.8, 4) is 0 Å². The van der Waals surface area contributed by atoms with E-state index in [1.807, 2.05) is 6.92 Å². The van der Waals surface area contributed by atoms with Crippen LogP contribution >= 0.6 is 0 Å². The zero-order valence-corrected chi connectivity index (χ0v) is 44.2. The number of aliphatic hydroxyl groups excluding tert-OH is 13. The van der Waals surface area contributed by atoms with Crippen LogP contribution in [0.4, 0.5) is 0 Å². The van der Waals surface area contributed by atoms with Crippen molar-refractivity contribution in [2.75, 3.05) is 26.4 Å². The van der Waals surface area contributed by atoms with Gasteiger partial charge in [-0.05, 0) is 111 Å². The minimum Gasteiger partial charge on any atom is -0.432 e. The van der Waals surface area contributed by atoms with Gasteiger partial charge in [0.1, 0.15) is 85.5 Å². The van der Waals surface area contributed by atoms with Crippen molar-refractivity contribution < 1.29 is 109 Å². The van der Waals surface area contributed by atoms with E-state index >= 15 is 4.79 Å². The second kappa shape index (κ2) is 21.1. The van der Waals surface area contributed by atoms with E-state index in [0.29, 0.717) is 38.5 Å². The molecule has 0 bridgehead atoms. The Kier molecular flexibility index (Phi) is 16.3. The summed E-state index contributed by atoms with van der Waals surface area (Å²) in [5, 5.41) is 139. The molecule has 4 saturated carbocycles. The number of ether oxygens (including phenoxy) is 8. The lowest BCUT2D eigenvalue weighted by molar-refractivity contribution is -0.361.